The van der Waals surface area contributed by atoms with Crippen LogP contribution in [0.3, 0.4) is 0 Å². The van der Waals surface area contributed by atoms with Gasteiger partial charge in [0.2, 0.25) is 0 Å². The highest BCUT2D eigenvalue weighted by Crippen LogP contribution is 2.40. The number of thioether (sulfide) groups is 1. The molecule has 4 nitrogen and oxygen atoms in total. The summed E-state index contributed by atoms with van der Waals surface area (Å²) in [4.78, 5) is 15.0. The first-order chi connectivity index (χ1) is 13.4. The second-order valence-corrected chi connectivity index (χ2v) is 8.97. The van der Waals surface area contributed by atoms with E-state index in [1.807, 2.05) is 30.3 Å². The number of ether oxygens (including phenoxy) is 2. The molecule has 8 heteroatoms. The van der Waals surface area contributed by atoms with E-state index in [9.17, 15) is 4.79 Å². The maximum atomic E-state index is 12.9. The zero-order valence-corrected chi connectivity index (χ0v) is 19.4. The van der Waals surface area contributed by atoms with E-state index in [0.717, 1.165) is 15.7 Å². The van der Waals surface area contributed by atoms with E-state index in [1.54, 1.807) is 19.3 Å². The molecule has 0 atom stereocenters. The van der Waals surface area contributed by atoms with Crippen LogP contribution in [0.1, 0.15) is 5.56 Å². The Morgan fingerprint density at radius 3 is 2.64 bits per heavy atom. The van der Waals surface area contributed by atoms with Crippen LogP contribution < -0.4 is 14.4 Å². The Hall–Kier alpha value is -1.79. The molecule has 1 saturated heterocycles. The van der Waals surface area contributed by atoms with E-state index in [0.29, 0.717) is 25.2 Å². The lowest BCUT2D eigenvalue weighted by molar-refractivity contribution is -0.113. The molecule has 1 aliphatic heterocycles. The van der Waals surface area contributed by atoms with Gasteiger partial charge in [-0.15, -0.1) is 6.42 Å². The molecule has 0 aliphatic carbocycles. The molecule has 0 N–H and O–H groups in total. The van der Waals surface area contributed by atoms with Gasteiger partial charge in [-0.1, -0.05) is 45.8 Å². The fraction of sp³-hybridized carbons (Fsp3) is 0.100. The second kappa shape index (κ2) is 9.14. The molecular weight excluding hydrogens is 526 g/mol. The topological polar surface area (TPSA) is 38.8 Å². The molecule has 2 aromatic rings. The predicted octanol–water partition coefficient (Wildman–Crippen LogP) is 5.64. The van der Waals surface area contributed by atoms with Gasteiger partial charge in [-0.3, -0.25) is 9.69 Å². The van der Waals surface area contributed by atoms with Gasteiger partial charge in [0, 0.05) is 4.47 Å². The van der Waals surface area contributed by atoms with Gasteiger partial charge < -0.3 is 9.47 Å². The quantitative estimate of drug-likeness (QED) is 0.280. The van der Waals surface area contributed by atoms with Crippen molar-refractivity contribution in [3.05, 3.63) is 55.8 Å². The van der Waals surface area contributed by atoms with E-state index >= 15 is 0 Å². The van der Waals surface area contributed by atoms with Crippen molar-refractivity contribution < 1.29 is 14.3 Å². The van der Waals surface area contributed by atoms with Crippen molar-refractivity contribution in [2.45, 2.75) is 0 Å². The van der Waals surface area contributed by atoms with Crippen LogP contribution in [-0.4, -0.2) is 23.9 Å². The monoisotopic (exact) mass is 537 g/mol. The SMILES string of the molecule is C#CCOc1c(Br)cc(/C=C2\SC(=S)N(c3ccc(Br)cc3)C2=O)cc1OC. The minimum absolute atomic E-state index is 0.125. The van der Waals surface area contributed by atoms with E-state index < -0.39 is 0 Å². The van der Waals surface area contributed by atoms with E-state index in [2.05, 4.69) is 37.8 Å². The van der Waals surface area contributed by atoms with Crippen LogP contribution in [0.15, 0.2) is 50.2 Å². The smallest absolute Gasteiger partial charge is 0.270 e. The van der Waals surface area contributed by atoms with Crippen LogP contribution in [0.2, 0.25) is 0 Å². The first kappa shape index (κ1) is 20.9. The lowest BCUT2D eigenvalue weighted by Gasteiger charge is -2.14. The number of benzene rings is 2. The molecule has 1 fully saturated rings. The van der Waals surface area contributed by atoms with Crippen LogP contribution in [0.5, 0.6) is 11.5 Å². The zero-order chi connectivity index (χ0) is 20.3. The van der Waals surface area contributed by atoms with Crippen molar-refractivity contribution >= 4 is 77.8 Å². The third-order valence-corrected chi connectivity index (χ3v) is 6.15. The van der Waals surface area contributed by atoms with Gasteiger partial charge in [-0.25, -0.2) is 0 Å². The molecule has 28 heavy (non-hydrogen) atoms. The maximum Gasteiger partial charge on any atom is 0.270 e. The van der Waals surface area contributed by atoms with Crippen LogP contribution >= 0.6 is 55.8 Å². The molecule has 0 unspecified atom stereocenters. The first-order valence-corrected chi connectivity index (χ1v) is 10.7. The number of carbonyl (C=O) groups is 1. The minimum atomic E-state index is -0.167. The summed E-state index contributed by atoms with van der Waals surface area (Å²) in [7, 11) is 1.54. The summed E-state index contributed by atoms with van der Waals surface area (Å²) in [5.74, 6) is 3.28. The van der Waals surface area contributed by atoms with Crippen LogP contribution in [-0.2, 0) is 4.79 Å². The van der Waals surface area contributed by atoms with Crippen molar-refractivity contribution in [2.75, 3.05) is 18.6 Å². The van der Waals surface area contributed by atoms with E-state index in [4.69, 9.17) is 28.1 Å². The standard InChI is InChI=1S/C20H13Br2NO3S2/c1-3-8-26-18-15(22)9-12(10-16(18)25-2)11-17-19(24)23(20(27)28-17)14-6-4-13(21)5-7-14/h1,4-7,9-11H,8H2,2H3/b17-11-. The number of thiocarbonyl (C=S) groups is 1. The van der Waals surface area contributed by atoms with Gasteiger partial charge in [0.1, 0.15) is 6.61 Å². The Balaban J connectivity index is 1.92. The third-order valence-electron chi connectivity index (χ3n) is 3.73. The molecule has 1 aliphatic rings. The van der Waals surface area contributed by atoms with Crippen molar-refractivity contribution in [3.8, 4) is 23.8 Å². The van der Waals surface area contributed by atoms with Gasteiger partial charge in [-0.05, 0) is 64.0 Å². The van der Waals surface area contributed by atoms with Crippen LogP contribution in [0, 0.1) is 12.3 Å². The van der Waals surface area contributed by atoms with Crippen LogP contribution in [0.25, 0.3) is 6.08 Å². The molecule has 2 aromatic carbocycles. The summed E-state index contributed by atoms with van der Waals surface area (Å²) in [5, 5.41) is 0. The number of halogens is 2. The van der Waals surface area contributed by atoms with Gasteiger partial charge >= 0.3 is 0 Å². The highest BCUT2D eigenvalue weighted by atomic mass is 79.9. The molecular formula is C20H13Br2NO3S2. The molecule has 1 heterocycles. The van der Waals surface area contributed by atoms with E-state index in [-0.39, 0.29) is 12.5 Å². The summed E-state index contributed by atoms with van der Waals surface area (Å²) in [5.41, 5.74) is 1.50. The molecule has 3 rings (SSSR count). The average Bonchev–Trinajstić information content (AvgIpc) is 2.94. The normalized spacial score (nSPS) is 15.1. The first-order valence-electron chi connectivity index (χ1n) is 7.92. The van der Waals surface area contributed by atoms with Gasteiger partial charge in [0.05, 0.1) is 22.2 Å². The van der Waals surface area contributed by atoms with Crippen molar-refractivity contribution in [1.82, 2.24) is 0 Å². The lowest BCUT2D eigenvalue weighted by Crippen LogP contribution is -2.27. The molecule has 0 saturated carbocycles. The number of methoxy groups -OCH3 is 1. The fourth-order valence-electron chi connectivity index (χ4n) is 2.51. The highest BCUT2D eigenvalue weighted by molar-refractivity contribution is 9.10. The Morgan fingerprint density at radius 1 is 1.29 bits per heavy atom. The molecule has 0 radical (unpaired) electrons. The number of carbonyl (C=O) groups excluding carboxylic acids is 1. The molecule has 1 amide bonds. The summed E-state index contributed by atoms with van der Waals surface area (Å²) >= 11 is 13.5. The van der Waals surface area contributed by atoms with Gasteiger partial charge in [0.25, 0.3) is 5.91 Å². The molecule has 142 valence electrons. The van der Waals surface area contributed by atoms with Crippen LogP contribution in [0.4, 0.5) is 5.69 Å². The molecule has 0 aromatic heterocycles. The number of nitrogens with zero attached hydrogens (tertiary/aromatic N) is 1. The maximum absolute atomic E-state index is 12.9. The zero-order valence-electron chi connectivity index (χ0n) is 14.6. The van der Waals surface area contributed by atoms with Crippen molar-refractivity contribution in [1.29, 1.82) is 0 Å². The fourth-order valence-corrected chi connectivity index (χ4v) is 4.65. The second-order valence-electron chi connectivity index (χ2n) is 5.52. The van der Waals surface area contributed by atoms with E-state index in [1.165, 1.54) is 16.7 Å². The molecule has 0 bridgehead atoms. The largest absolute Gasteiger partial charge is 0.493 e. The Kier molecular flexibility index (Phi) is 6.83. The van der Waals surface area contributed by atoms with Gasteiger partial charge in [0.15, 0.2) is 15.8 Å². The third kappa shape index (κ3) is 4.44. The minimum Gasteiger partial charge on any atom is -0.493 e. The summed E-state index contributed by atoms with van der Waals surface area (Å²) in [6, 6.07) is 11.0. The Bertz CT molecular complexity index is 1010. The number of amides is 1. The average molecular weight is 539 g/mol. The lowest BCUT2D eigenvalue weighted by atomic mass is 10.1. The molecule has 0 spiro atoms. The number of terminal acetylenes is 1. The number of rotatable bonds is 5. The Labute approximate surface area is 189 Å². The number of hydrogen-bond donors (Lipinski definition) is 0. The van der Waals surface area contributed by atoms with Gasteiger partial charge in [-0.2, -0.15) is 0 Å². The summed E-state index contributed by atoms with van der Waals surface area (Å²) in [6.45, 7) is 0.125. The summed E-state index contributed by atoms with van der Waals surface area (Å²) < 4.78 is 13.0. The highest BCUT2D eigenvalue weighted by Gasteiger charge is 2.33. The number of hydrogen-bond acceptors (Lipinski definition) is 5. The predicted molar refractivity (Wildman–Crippen MR) is 125 cm³/mol. The number of anilines is 1. The summed E-state index contributed by atoms with van der Waals surface area (Å²) in [6.07, 6.45) is 7.03. The Morgan fingerprint density at radius 2 is 2.00 bits per heavy atom. The van der Waals surface area contributed by atoms with Crippen molar-refractivity contribution in [2.24, 2.45) is 0 Å². The van der Waals surface area contributed by atoms with Crippen molar-refractivity contribution in [3.63, 3.8) is 0 Å².